The zero-order chi connectivity index (χ0) is 11.5. The smallest absolute Gasteiger partial charge is 0.243 e. The Morgan fingerprint density at radius 2 is 2.31 bits per heavy atom. The molecule has 1 atom stereocenters. The standard InChI is InChI=1S/C11H15N3OS/c1-3-4-9(12)11-13-10(14-15-11)8-6-16-5-7(8)2/h5-6,9H,3-4,12H2,1-2H3/t9-/m1/s1. The SMILES string of the molecule is CCC[C@@H](N)c1nc(-c2cscc2C)no1. The van der Waals surface area contributed by atoms with E-state index in [2.05, 4.69) is 22.4 Å². The topological polar surface area (TPSA) is 64.9 Å². The highest BCUT2D eigenvalue weighted by Gasteiger charge is 2.16. The first-order valence-corrected chi connectivity index (χ1v) is 6.29. The molecule has 0 aromatic carbocycles. The van der Waals surface area contributed by atoms with Gasteiger partial charge in [0.15, 0.2) is 0 Å². The number of hydrogen-bond acceptors (Lipinski definition) is 5. The molecule has 0 saturated heterocycles. The van der Waals surface area contributed by atoms with Crippen LogP contribution in [-0.2, 0) is 0 Å². The number of hydrogen-bond donors (Lipinski definition) is 1. The fourth-order valence-electron chi connectivity index (χ4n) is 1.52. The molecule has 0 spiro atoms. The van der Waals surface area contributed by atoms with Crippen molar-refractivity contribution >= 4 is 11.3 Å². The molecule has 0 bridgehead atoms. The van der Waals surface area contributed by atoms with E-state index in [4.69, 9.17) is 10.3 Å². The Hall–Kier alpha value is -1.20. The van der Waals surface area contributed by atoms with Gasteiger partial charge < -0.3 is 10.3 Å². The Balaban J connectivity index is 2.23. The molecule has 5 heteroatoms. The molecule has 0 amide bonds. The minimum absolute atomic E-state index is 0.148. The Morgan fingerprint density at radius 3 is 2.94 bits per heavy atom. The predicted molar refractivity (Wildman–Crippen MR) is 64.2 cm³/mol. The fourth-order valence-corrected chi connectivity index (χ4v) is 2.35. The third kappa shape index (κ3) is 2.15. The number of nitrogens with zero attached hydrogens (tertiary/aromatic N) is 2. The summed E-state index contributed by atoms with van der Waals surface area (Å²) in [6.45, 7) is 4.12. The second-order valence-electron chi connectivity index (χ2n) is 3.82. The number of aromatic nitrogens is 2. The predicted octanol–water partition coefficient (Wildman–Crippen LogP) is 2.91. The van der Waals surface area contributed by atoms with Crippen molar-refractivity contribution in [3.05, 3.63) is 22.2 Å². The molecule has 86 valence electrons. The second-order valence-corrected chi connectivity index (χ2v) is 4.56. The van der Waals surface area contributed by atoms with E-state index in [0.717, 1.165) is 18.4 Å². The molecular weight excluding hydrogens is 222 g/mol. The quantitative estimate of drug-likeness (QED) is 0.888. The lowest BCUT2D eigenvalue weighted by atomic mass is 10.2. The van der Waals surface area contributed by atoms with Crippen molar-refractivity contribution in [2.75, 3.05) is 0 Å². The van der Waals surface area contributed by atoms with Crippen LogP contribution in [0, 0.1) is 6.92 Å². The van der Waals surface area contributed by atoms with Crippen LogP contribution in [0.25, 0.3) is 11.4 Å². The van der Waals surface area contributed by atoms with E-state index in [9.17, 15) is 0 Å². The highest BCUT2D eigenvalue weighted by molar-refractivity contribution is 7.08. The Kier molecular flexibility index (Phi) is 3.36. The molecule has 0 radical (unpaired) electrons. The molecule has 0 aliphatic heterocycles. The molecule has 0 saturated carbocycles. The maximum Gasteiger partial charge on any atom is 0.243 e. The second kappa shape index (κ2) is 4.76. The normalized spacial score (nSPS) is 12.9. The summed E-state index contributed by atoms with van der Waals surface area (Å²) in [5.74, 6) is 1.17. The number of rotatable bonds is 4. The van der Waals surface area contributed by atoms with Gasteiger partial charge in [0.1, 0.15) is 0 Å². The van der Waals surface area contributed by atoms with Crippen LogP contribution >= 0.6 is 11.3 Å². The zero-order valence-electron chi connectivity index (χ0n) is 9.43. The summed E-state index contributed by atoms with van der Waals surface area (Å²) in [5, 5.41) is 8.05. The van der Waals surface area contributed by atoms with Crippen molar-refractivity contribution < 1.29 is 4.52 Å². The summed E-state index contributed by atoms with van der Waals surface area (Å²) < 4.78 is 5.18. The maximum absolute atomic E-state index is 5.92. The molecule has 2 aromatic heterocycles. The van der Waals surface area contributed by atoms with Gasteiger partial charge in [-0.2, -0.15) is 16.3 Å². The van der Waals surface area contributed by atoms with Gasteiger partial charge in [-0.3, -0.25) is 0 Å². The molecule has 0 aliphatic carbocycles. The molecule has 0 unspecified atom stereocenters. The van der Waals surface area contributed by atoms with Crippen LogP contribution < -0.4 is 5.73 Å². The van der Waals surface area contributed by atoms with Gasteiger partial charge in [0, 0.05) is 10.9 Å². The summed E-state index contributed by atoms with van der Waals surface area (Å²) in [6.07, 6.45) is 1.88. The van der Waals surface area contributed by atoms with E-state index in [0.29, 0.717) is 11.7 Å². The average Bonchev–Trinajstić information content (AvgIpc) is 2.86. The van der Waals surface area contributed by atoms with Crippen molar-refractivity contribution in [3.63, 3.8) is 0 Å². The van der Waals surface area contributed by atoms with E-state index in [1.165, 1.54) is 5.56 Å². The highest BCUT2D eigenvalue weighted by Crippen LogP contribution is 2.25. The average molecular weight is 237 g/mol. The van der Waals surface area contributed by atoms with Crippen LogP contribution in [-0.4, -0.2) is 10.1 Å². The summed E-state index contributed by atoms with van der Waals surface area (Å²) in [4.78, 5) is 4.34. The highest BCUT2D eigenvalue weighted by atomic mass is 32.1. The van der Waals surface area contributed by atoms with Gasteiger partial charge in [-0.15, -0.1) is 0 Å². The van der Waals surface area contributed by atoms with Crippen molar-refractivity contribution in [2.45, 2.75) is 32.7 Å². The molecule has 2 aromatic rings. The summed E-state index contributed by atoms with van der Waals surface area (Å²) in [7, 11) is 0. The number of aryl methyl sites for hydroxylation is 1. The lowest BCUT2D eigenvalue weighted by molar-refractivity contribution is 0.348. The van der Waals surface area contributed by atoms with Crippen molar-refractivity contribution in [1.29, 1.82) is 0 Å². The Bertz CT molecular complexity index is 463. The summed E-state index contributed by atoms with van der Waals surface area (Å²) >= 11 is 1.64. The molecule has 2 rings (SSSR count). The molecule has 2 N–H and O–H groups in total. The van der Waals surface area contributed by atoms with E-state index in [-0.39, 0.29) is 6.04 Å². The Labute approximate surface area is 98.5 Å². The first-order chi connectivity index (χ1) is 7.72. The van der Waals surface area contributed by atoms with E-state index < -0.39 is 0 Å². The molecule has 16 heavy (non-hydrogen) atoms. The zero-order valence-corrected chi connectivity index (χ0v) is 10.3. The van der Waals surface area contributed by atoms with Gasteiger partial charge in [0.2, 0.25) is 11.7 Å². The largest absolute Gasteiger partial charge is 0.337 e. The molecule has 4 nitrogen and oxygen atoms in total. The Morgan fingerprint density at radius 1 is 1.50 bits per heavy atom. The van der Waals surface area contributed by atoms with Gasteiger partial charge in [-0.1, -0.05) is 18.5 Å². The first kappa shape index (κ1) is 11.3. The maximum atomic E-state index is 5.92. The van der Waals surface area contributed by atoms with Gasteiger partial charge in [0.25, 0.3) is 0 Å². The monoisotopic (exact) mass is 237 g/mol. The minimum Gasteiger partial charge on any atom is -0.337 e. The van der Waals surface area contributed by atoms with Gasteiger partial charge >= 0.3 is 0 Å². The fraction of sp³-hybridized carbons (Fsp3) is 0.455. The van der Waals surface area contributed by atoms with Gasteiger partial charge in [-0.25, -0.2) is 0 Å². The third-order valence-electron chi connectivity index (χ3n) is 2.46. The van der Waals surface area contributed by atoms with Crippen molar-refractivity contribution in [1.82, 2.24) is 10.1 Å². The van der Waals surface area contributed by atoms with E-state index in [1.807, 2.05) is 12.3 Å². The molecule has 2 heterocycles. The third-order valence-corrected chi connectivity index (χ3v) is 3.32. The summed E-state index contributed by atoms with van der Waals surface area (Å²) in [5.41, 5.74) is 8.12. The van der Waals surface area contributed by atoms with Crippen molar-refractivity contribution in [2.24, 2.45) is 5.73 Å². The van der Waals surface area contributed by atoms with Crippen LogP contribution in [0.15, 0.2) is 15.3 Å². The van der Waals surface area contributed by atoms with Crippen LogP contribution in [0.1, 0.15) is 37.3 Å². The molecule has 0 aliphatic rings. The number of nitrogens with two attached hydrogens (primary N) is 1. The van der Waals surface area contributed by atoms with Crippen LogP contribution in [0.5, 0.6) is 0 Å². The van der Waals surface area contributed by atoms with Gasteiger partial charge in [0.05, 0.1) is 6.04 Å². The lowest BCUT2D eigenvalue weighted by Crippen LogP contribution is -2.09. The molecular formula is C11H15N3OS. The molecule has 0 fully saturated rings. The number of thiophene rings is 1. The van der Waals surface area contributed by atoms with Crippen molar-refractivity contribution in [3.8, 4) is 11.4 Å². The van der Waals surface area contributed by atoms with Crippen LogP contribution in [0.4, 0.5) is 0 Å². The van der Waals surface area contributed by atoms with Crippen LogP contribution in [0.3, 0.4) is 0 Å². The van der Waals surface area contributed by atoms with Crippen LogP contribution in [0.2, 0.25) is 0 Å². The lowest BCUT2D eigenvalue weighted by Gasteiger charge is -2.02. The van der Waals surface area contributed by atoms with E-state index in [1.54, 1.807) is 11.3 Å². The van der Waals surface area contributed by atoms with E-state index >= 15 is 0 Å². The first-order valence-electron chi connectivity index (χ1n) is 5.34. The van der Waals surface area contributed by atoms with Gasteiger partial charge in [-0.05, 0) is 24.3 Å². The minimum atomic E-state index is -0.148. The summed E-state index contributed by atoms with van der Waals surface area (Å²) in [6, 6.07) is -0.148.